The van der Waals surface area contributed by atoms with Crippen molar-refractivity contribution in [3.63, 3.8) is 0 Å². The largest absolute Gasteiger partial charge is 0.299 e. The molecule has 0 spiro atoms. The van der Waals surface area contributed by atoms with Gasteiger partial charge in [-0.05, 0) is 42.4 Å². The maximum absolute atomic E-state index is 11.2. The zero-order chi connectivity index (χ0) is 12.1. The first-order chi connectivity index (χ1) is 7.29. The molecule has 1 nitrogen and oxygen atoms in total. The lowest BCUT2D eigenvalue weighted by atomic mass is 9.71. The Kier molecular flexibility index (Phi) is 2.56. The lowest BCUT2D eigenvalue weighted by Crippen LogP contribution is -2.26. The molecule has 4 unspecified atom stereocenters. The smallest absolute Gasteiger partial charge is 0.136 e. The zero-order valence-corrected chi connectivity index (χ0v) is 11.2. The van der Waals surface area contributed by atoms with E-state index in [1.807, 2.05) is 6.92 Å². The van der Waals surface area contributed by atoms with E-state index in [0.717, 1.165) is 5.92 Å². The van der Waals surface area contributed by atoms with Gasteiger partial charge < -0.3 is 0 Å². The molecule has 2 saturated carbocycles. The van der Waals surface area contributed by atoms with Crippen molar-refractivity contribution in [2.45, 2.75) is 47.5 Å². The fourth-order valence-corrected chi connectivity index (χ4v) is 3.37. The molecule has 2 rings (SSSR count). The molecule has 0 radical (unpaired) electrons. The number of carbonyl (C=O) groups excluding carboxylic acids is 1. The lowest BCUT2D eigenvalue weighted by molar-refractivity contribution is -0.118. The molecule has 90 valence electrons. The molecule has 0 aromatic heterocycles. The van der Waals surface area contributed by atoms with Crippen LogP contribution < -0.4 is 0 Å². The van der Waals surface area contributed by atoms with Crippen molar-refractivity contribution in [1.82, 2.24) is 0 Å². The summed E-state index contributed by atoms with van der Waals surface area (Å²) in [5.74, 6) is 1.95. The molecule has 4 atom stereocenters. The molecule has 0 aliphatic heterocycles. The first-order valence-electron chi connectivity index (χ1n) is 6.48. The molecule has 16 heavy (non-hydrogen) atoms. The second-order valence-electron chi connectivity index (χ2n) is 6.67. The SMILES string of the molecule is CC(=O)C(C)C=CC1CC2CC2(C)C1(C)C. The van der Waals surface area contributed by atoms with Gasteiger partial charge in [-0.15, -0.1) is 0 Å². The van der Waals surface area contributed by atoms with Crippen LogP contribution in [0.1, 0.15) is 47.5 Å². The van der Waals surface area contributed by atoms with Crippen molar-refractivity contribution in [3.05, 3.63) is 12.2 Å². The van der Waals surface area contributed by atoms with Gasteiger partial charge in [-0.3, -0.25) is 4.79 Å². The van der Waals surface area contributed by atoms with Crippen LogP contribution in [0.2, 0.25) is 0 Å². The van der Waals surface area contributed by atoms with E-state index >= 15 is 0 Å². The van der Waals surface area contributed by atoms with Crippen molar-refractivity contribution in [2.24, 2.45) is 28.6 Å². The Labute approximate surface area is 99.3 Å². The quantitative estimate of drug-likeness (QED) is 0.660. The van der Waals surface area contributed by atoms with Crippen molar-refractivity contribution >= 4 is 5.78 Å². The summed E-state index contributed by atoms with van der Waals surface area (Å²) < 4.78 is 0. The van der Waals surface area contributed by atoms with Crippen molar-refractivity contribution in [2.75, 3.05) is 0 Å². The Morgan fingerprint density at radius 1 is 1.38 bits per heavy atom. The third-order valence-electron chi connectivity index (χ3n) is 5.62. The summed E-state index contributed by atoms with van der Waals surface area (Å²) in [6, 6.07) is 0. The average molecular weight is 220 g/mol. The average Bonchev–Trinajstić information content (AvgIpc) is 2.79. The molecule has 0 aromatic rings. The normalized spacial score (nSPS) is 42.1. The van der Waals surface area contributed by atoms with Gasteiger partial charge in [0, 0.05) is 5.92 Å². The minimum absolute atomic E-state index is 0.0838. The van der Waals surface area contributed by atoms with Gasteiger partial charge >= 0.3 is 0 Å². The predicted octanol–water partition coefficient (Wildman–Crippen LogP) is 3.84. The van der Waals surface area contributed by atoms with E-state index in [4.69, 9.17) is 0 Å². The van der Waals surface area contributed by atoms with Crippen LogP contribution in [0.25, 0.3) is 0 Å². The number of allylic oxidation sites excluding steroid dienone is 2. The monoisotopic (exact) mass is 220 g/mol. The van der Waals surface area contributed by atoms with Crippen LogP contribution in [0.3, 0.4) is 0 Å². The Hall–Kier alpha value is -0.590. The van der Waals surface area contributed by atoms with Crippen LogP contribution in [0, 0.1) is 28.6 Å². The first-order valence-corrected chi connectivity index (χ1v) is 6.48. The van der Waals surface area contributed by atoms with Gasteiger partial charge in [-0.2, -0.15) is 0 Å². The van der Waals surface area contributed by atoms with Crippen LogP contribution in [-0.2, 0) is 4.79 Å². The number of Topliss-reactive ketones (excluding diaryl/α,β-unsaturated/α-hetero) is 1. The van der Waals surface area contributed by atoms with Crippen LogP contribution in [0.4, 0.5) is 0 Å². The van der Waals surface area contributed by atoms with Gasteiger partial charge in [0.1, 0.15) is 5.78 Å². The summed E-state index contributed by atoms with van der Waals surface area (Å²) in [5.41, 5.74) is 0.978. The summed E-state index contributed by atoms with van der Waals surface area (Å²) in [5, 5.41) is 0. The summed E-state index contributed by atoms with van der Waals surface area (Å²) >= 11 is 0. The minimum Gasteiger partial charge on any atom is -0.299 e. The fraction of sp³-hybridized carbons (Fsp3) is 0.800. The Morgan fingerprint density at radius 2 is 2.00 bits per heavy atom. The Bertz CT molecular complexity index is 339. The van der Waals surface area contributed by atoms with Crippen molar-refractivity contribution < 1.29 is 4.79 Å². The van der Waals surface area contributed by atoms with Gasteiger partial charge in [0.15, 0.2) is 0 Å². The molecule has 0 bridgehead atoms. The van der Waals surface area contributed by atoms with Gasteiger partial charge in [0.05, 0.1) is 0 Å². The highest BCUT2D eigenvalue weighted by Gasteiger charge is 2.66. The maximum atomic E-state index is 11.2. The highest BCUT2D eigenvalue weighted by molar-refractivity contribution is 5.79. The standard InChI is InChI=1S/C15H24O/c1-10(11(2)16)6-7-12-8-13-9-15(13,5)14(12,3)4/h6-7,10,12-13H,8-9H2,1-5H3. The van der Waals surface area contributed by atoms with E-state index in [0.29, 0.717) is 16.7 Å². The molecule has 0 aromatic carbocycles. The molecule has 0 heterocycles. The van der Waals surface area contributed by atoms with Gasteiger partial charge in [-0.25, -0.2) is 0 Å². The first kappa shape index (κ1) is 11.9. The molecular formula is C15H24O. The third kappa shape index (κ3) is 1.56. The van der Waals surface area contributed by atoms with Gasteiger partial charge in [-0.1, -0.05) is 39.8 Å². The van der Waals surface area contributed by atoms with Gasteiger partial charge in [0.25, 0.3) is 0 Å². The number of carbonyl (C=O) groups is 1. The zero-order valence-electron chi connectivity index (χ0n) is 11.2. The molecule has 0 N–H and O–H groups in total. The summed E-state index contributed by atoms with van der Waals surface area (Å²) in [7, 11) is 0. The summed E-state index contributed by atoms with van der Waals surface area (Å²) in [6.07, 6.45) is 7.16. The molecule has 2 fully saturated rings. The van der Waals surface area contributed by atoms with E-state index in [2.05, 4.69) is 32.9 Å². The van der Waals surface area contributed by atoms with E-state index in [-0.39, 0.29) is 11.7 Å². The molecule has 2 aliphatic rings. The van der Waals surface area contributed by atoms with E-state index in [9.17, 15) is 4.79 Å². The Balaban J connectivity index is 2.06. The van der Waals surface area contributed by atoms with Crippen molar-refractivity contribution in [1.29, 1.82) is 0 Å². The predicted molar refractivity (Wildman–Crippen MR) is 67.1 cm³/mol. The molecule has 1 heteroatoms. The van der Waals surface area contributed by atoms with Crippen LogP contribution in [0.15, 0.2) is 12.2 Å². The second kappa shape index (κ2) is 3.45. The van der Waals surface area contributed by atoms with E-state index in [1.165, 1.54) is 12.8 Å². The topological polar surface area (TPSA) is 17.1 Å². The van der Waals surface area contributed by atoms with Gasteiger partial charge in [0.2, 0.25) is 0 Å². The Morgan fingerprint density at radius 3 is 2.44 bits per heavy atom. The highest BCUT2D eigenvalue weighted by atomic mass is 16.1. The number of ketones is 1. The van der Waals surface area contributed by atoms with E-state index in [1.54, 1.807) is 6.92 Å². The fourth-order valence-electron chi connectivity index (χ4n) is 3.37. The number of hydrogen-bond acceptors (Lipinski definition) is 1. The van der Waals surface area contributed by atoms with Crippen LogP contribution in [0.5, 0.6) is 0 Å². The summed E-state index contributed by atoms with van der Waals surface area (Å²) in [4.78, 5) is 11.2. The number of hydrogen-bond donors (Lipinski definition) is 0. The van der Waals surface area contributed by atoms with Crippen LogP contribution >= 0.6 is 0 Å². The minimum atomic E-state index is 0.0838. The highest BCUT2D eigenvalue weighted by Crippen LogP contribution is 2.74. The second-order valence-corrected chi connectivity index (χ2v) is 6.67. The molecule has 0 amide bonds. The van der Waals surface area contributed by atoms with Crippen molar-refractivity contribution in [3.8, 4) is 0 Å². The van der Waals surface area contributed by atoms with Crippen LogP contribution in [-0.4, -0.2) is 5.78 Å². The molecule has 2 aliphatic carbocycles. The van der Waals surface area contributed by atoms with E-state index < -0.39 is 0 Å². The maximum Gasteiger partial charge on any atom is 0.136 e. The summed E-state index contributed by atoms with van der Waals surface area (Å²) in [6.45, 7) is 10.9. The number of fused-ring (bicyclic) bond motifs is 1. The number of rotatable bonds is 3. The molecular weight excluding hydrogens is 196 g/mol. The molecule has 0 saturated heterocycles. The third-order valence-corrected chi connectivity index (χ3v) is 5.62. The lowest BCUT2D eigenvalue weighted by Gasteiger charge is -2.33.